The fourth-order valence-electron chi connectivity index (χ4n) is 0.518. The molecule has 0 aromatic heterocycles. The monoisotopic (exact) mass is 190 g/mol. The zero-order valence-electron chi connectivity index (χ0n) is 8.25. The third-order valence-electron chi connectivity index (χ3n) is 1.65. The van der Waals surface area contributed by atoms with Gasteiger partial charge in [0.2, 0.25) is 0 Å². The van der Waals surface area contributed by atoms with E-state index in [9.17, 15) is 9.59 Å². The van der Waals surface area contributed by atoms with Gasteiger partial charge < -0.3 is 14.2 Å². The van der Waals surface area contributed by atoms with E-state index >= 15 is 0 Å². The summed E-state index contributed by atoms with van der Waals surface area (Å²) in [6, 6.07) is 0. The predicted molar refractivity (Wildman–Crippen MR) is 43.8 cm³/mol. The molecule has 5 heteroatoms. The highest BCUT2D eigenvalue weighted by Gasteiger charge is 2.36. The number of hydrogen-bond acceptors (Lipinski definition) is 5. The molecule has 0 radical (unpaired) electrons. The summed E-state index contributed by atoms with van der Waals surface area (Å²) in [6.07, 6.45) is 0.134. The molecule has 0 N–H and O–H groups in total. The Bertz CT molecular complexity index is 195. The quantitative estimate of drug-likeness (QED) is 0.366. The van der Waals surface area contributed by atoms with Gasteiger partial charge in [-0.05, 0) is 0 Å². The Morgan fingerprint density at radius 1 is 1.23 bits per heavy atom. The van der Waals surface area contributed by atoms with Crippen LogP contribution in [0.1, 0.15) is 20.3 Å². The number of methoxy groups -OCH3 is 2. The van der Waals surface area contributed by atoms with Gasteiger partial charge in [0.15, 0.2) is 0 Å². The summed E-state index contributed by atoms with van der Waals surface area (Å²) in [7, 11) is 2.59. The first-order chi connectivity index (χ1) is 6.00. The lowest BCUT2D eigenvalue weighted by molar-refractivity contribution is -0.222. The molecule has 0 saturated heterocycles. The van der Waals surface area contributed by atoms with E-state index in [4.69, 9.17) is 9.47 Å². The molecule has 5 nitrogen and oxygen atoms in total. The largest absolute Gasteiger partial charge is 0.389 e. The third-order valence-corrected chi connectivity index (χ3v) is 1.65. The molecule has 0 bridgehead atoms. The molecule has 0 rings (SSSR count). The average Bonchev–Trinajstić information content (AvgIpc) is 2.16. The van der Waals surface area contributed by atoms with Crippen molar-refractivity contribution in [3.8, 4) is 0 Å². The highest BCUT2D eigenvalue weighted by Crippen LogP contribution is 2.12. The number of esters is 2. The lowest BCUT2D eigenvalue weighted by atomic mass is 10.3. The van der Waals surface area contributed by atoms with Crippen LogP contribution in [-0.2, 0) is 23.8 Å². The van der Waals surface area contributed by atoms with Crippen molar-refractivity contribution in [3.63, 3.8) is 0 Å². The molecule has 0 aromatic rings. The highest BCUT2D eigenvalue weighted by atomic mass is 16.7. The van der Waals surface area contributed by atoms with Gasteiger partial charge in [0.25, 0.3) is 5.79 Å². The summed E-state index contributed by atoms with van der Waals surface area (Å²) in [5.74, 6) is -2.96. The fourth-order valence-corrected chi connectivity index (χ4v) is 0.518. The molecule has 0 atom stereocenters. The van der Waals surface area contributed by atoms with E-state index in [-0.39, 0.29) is 6.42 Å². The molecule has 13 heavy (non-hydrogen) atoms. The second kappa shape index (κ2) is 4.94. The van der Waals surface area contributed by atoms with Crippen LogP contribution in [0.2, 0.25) is 0 Å². The maximum Gasteiger partial charge on any atom is 0.374 e. The zero-order chi connectivity index (χ0) is 10.5. The van der Waals surface area contributed by atoms with Gasteiger partial charge in [0.05, 0.1) is 0 Å². The minimum absolute atomic E-state index is 0.134. The van der Waals surface area contributed by atoms with Gasteiger partial charge in [0.1, 0.15) is 0 Å². The second-order valence-corrected chi connectivity index (χ2v) is 2.47. The van der Waals surface area contributed by atoms with E-state index < -0.39 is 17.7 Å². The maximum atomic E-state index is 11.2. The molecule has 0 aliphatic rings. The molecule has 0 spiro atoms. The molecular formula is C8H14O5. The number of ether oxygens (including phenoxy) is 3. The van der Waals surface area contributed by atoms with E-state index in [1.807, 2.05) is 0 Å². The van der Waals surface area contributed by atoms with Crippen molar-refractivity contribution in [1.82, 2.24) is 0 Å². The second-order valence-electron chi connectivity index (χ2n) is 2.47. The van der Waals surface area contributed by atoms with Crippen LogP contribution >= 0.6 is 0 Å². The van der Waals surface area contributed by atoms with Crippen LogP contribution in [0.15, 0.2) is 0 Å². The van der Waals surface area contributed by atoms with Gasteiger partial charge in [-0.3, -0.25) is 4.79 Å². The van der Waals surface area contributed by atoms with Crippen LogP contribution in [0.5, 0.6) is 0 Å². The summed E-state index contributed by atoms with van der Waals surface area (Å²) in [5.41, 5.74) is 0. The molecule has 0 unspecified atom stereocenters. The van der Waals surface area contributed by atoms with Crippen LogP contribution in [0, 0.1) is 0 Å². The normalized spacial score (nSPS) is 11.1. The van der Waals surface area contributed by atoms with Crippen LogP contribution in [-0.4, -0.2) is 31.9 Å². The predicted octanol–water partition coefficient (Wildman–Crippen LogP) is 0.475. The van der Waals surface area contributed by atoms with Gasteiger partial charge in [-0.1, -0.05) is 6.92 Å². The average molecular weight is 190 g/mol. The van der Waals surface area contributed by atoms with Crippen molar-refractivity contribution in [1.29, 1.82) is 0 Å². The summed E-state index contributed by atoms with van der Waals surface area (Å²) >= 11 is 0. The zero-order valence-corrected chi connectivity index (χ0v) is 8.25. The van der Waals surface area contributed by atoms with Gasteiger partial charge in [0, 0.05) is 27.6 Å². The van der Waals surface area contributed by atoms with Crippen molar-refractivity contribution < 1.29 is 23.8 Å². The van der Waals surface area contributed by atoms with Crippen LogP contribution < -0.4 is 0 Å². The van der Waals surface area contributed by atoms with Crippen molar-refractivity contribution in [2.45, 2.75) is 26.1 Å². The number of carbonyl (C=O) groups excluding carboxylic acids is 2. The molecule has 0 heterocycles. The molecule has 0 fully saturated rings. The fraction of sp³-hybridized carbons (Fsp3) is 0.750. The summed E-state index contributed by atoms with van der Waals surface area (Å²) < 4.78 is 13.9. The van der Waals surface area contributed by atoms with Crippen molar-refractivity contribution >= 4 is 11.9 Å². The third kappa shape index (κ3) is 3.12. The van der Waals surface area contributed by atoms with E-state index in [0.29, 0.717) is 0 Å². The van der Waals surface area contributed by atoms with Crippen molar-refractivity contribution in [2.75, 3.05) is 14.2 Å². The van der Waals surface area contributed by atoms with Gasteiger partial charge in [-0.2, -0.15) is 0 Å². The maximum absolute atomic E-state index is 11.2. The van der Waals surface area contributed by atoms with Crippen molar-refractivity contribution in [2.24, 2.45) is 0 Å². The minimum atomic E-state index is -1.51. The molecular weight excluding hydrogens is 176 g/mol. The van der Waals surface area contributed by atoms with E-state index in [2.05, 4.69) is 4.74 Å². The Hall–Kier alpha value is -0.940. The molecule has 76 valence electrons. The molecule has 0 aliphatic carbocycles. The number of hydrogen-bond donors (Lipinski definition) is 0. The SMILES string of the molecule is CCC(=O)OC(=O)C(C)(OC)OC. The Morgan fingerprint density at radius 2 is 1.69 bits per heavy atom. The number of carbonyl (C=O) groups is 2. The smallest absolute Gasteiger partial charge is 0.374 e. The lowest BCUT2D eigenvalue weighted by Crippen LogP contribution is -2.41. The lowest BCUT2D eigenvalue weighted by Gasteiger charge is -2.22. The molecule has 0 amide bonds. The van der Waals surface area contributed by atoms with Crippen molar-refractivity contribution in [3.05, 3.63) is 0 Å². The Morgan fingerprint density at radius 3 is 2.00 bits per heavy atom. The Kier molecular flexibility index (Phi) is 4.58. The van der Waals surface area contributed by atoms with E-state index in [1.165, 1.54) is 21.1 Å². The first-order valence-corrected chi connectivity index (χ1v) is 3.85. The number of rotatable bonds is 4. The Balaban J connectivity index is 4.31. The van der Waals surface area contributed by atoms with Gasteiger partial charge >= 0.3 is 11.9 Å². The highest BCUT2D eigenvalue weighted by molar-refractivity contribution is 5.89. The summed E-state index contributed by atoms with van der Waals surface area (Å²) in [4.78, 5) is 21.9. The first-order valence-electron chi connectivity index (χ1n) is 3.85. The van der Waals surface area contributed by atoms with Crippen LogP contribution in [0.25, 0.3) is 0 Å². The summed E-state index contributed by atoms with van der Waals surface area (Å²) in [6.45, 7) is 2.96. The standard InChI is InChI=1S/C8H14O5/c1-5-6(9)13-7(10)8(2,11-3)12-4/h5H2,1-4H3. The van der Waals surface area contributed by atoms with E-state index in [1.54, 1.807) is 6.92 Å². The van der Waals surface area contributed by atoms with E-state index in [0.717, 1.165) is 0 Å². The van der Waals surface area contributed by atoms with Crippen LogP contribution in [0.4, 0.5) is 0 Å². The van der Waals surface area contributed by atoms with Gasteiger partial charge in [-0.25, -0.2) is 4.79 Å². The van der Waals surface area contributed by atoms with Gasteiger partial charge in [-0.15, -0.1) is 0 Å². The molecule has 0 aliphatic heterocycles. The topological polar surface area (TPSA) is 61.8 Å². The Labute approximate surface area is 77.0 Å². The first kappa shape index (κ1) is 12.1. The molecule has 0 saturated carbocycles. The minimum Gasteiger partial charge on any atom is -0.389 e. The van der Waals surface area contributed by atoms with Crippen LogP contribution in [0.3, 0.4) is 0 Å². The molecule has 0 aromatic carbocycles. The summed E-state index contributed by atoms with van der Waals surface area (Å²) in [5, 5.41) is 0.